The number of aromatic nitrogens is 3. The van der Waals surface area contributed by atoms with E-state index in [1.54, 1.807) is 6.07 Å². The van der Waals surface area contributed by atoms with Crippen molar-refractivity contribution in [2.24, 2.45) is 12.0 Å². The van der Waals surface area contributed by atoms with Crippen LogP contribution in [0.5, 0.6) is 0 Å². The normalized spacial score (nSPS) is 13.2. The van der Waals surface area contributed by atoms with Crippen molar-refractivity contribution in [2.75, 3.05) is 5.32 Å². The van der Waals surface area contributed by atoms with Crippen molar-refractivity contribution in [3.63, 3.8) is 0 Å². The predicted octanol–water partition coefficient (Wildman–Crippen LogP) is 4.87. The van der Waals surface area contributed by atoms with Gasteiger partial charge < -0.3 is 5.32 Å². The number of carbonyl (C=O) groups is 1. The number of pyridine rings is 1. The quantitative estimate of drug-likeness (QED) is 0.434. The summed E-state index contributed by atoms with van der Waals surface area (Å²) in [6, 6.07) is 6.37. The molecule has 2 aromatic carbocycles. The third-order valence-corrected chi connectivity index (χ3v) is 5.58. The summed E-state index contributed by atoms with van der Waals surface area (Å²) in [5.74, 6) is -3.18. The molecule has 1 amide bonds. The molecule has 6 nitrogen and oxygen atoms in total. The highest BCUT2D eigenvalue weighted by Gasteiger charge is 2.36. The lowest BCUT2D eigenvalue weighted by atomic mass is 9.97. The molecule has 0 saturated heterocycles. The highest BCUT2D eigenvalue weighted by Crippen LogP contribution is 2.35. The second-order valence-corrected chi connectivity index (χ2v) is 7.66. The number of carbonyl (C=O) groups excluding carboxylic acids is 1. The molecule has 11 heteroatoms. The molecule has 1 N–H and O–H groups in total. The molecule has 3 heterocycles. The third-order valence-electron chi connectivity index (χ3n) is 5.58. The number of halogens is 5. The second kappa shape index (κ2) is 7.72. The molecule has 5 rings (SSSR count). The molecule has 172 valence electrons. The first-order valence-electron chi connectivity index (χ1n) is 9.95. The van der Waals surface area contributed by atoms with Gasteiger partial charge in [-0.05, 0) is 23.8 Å². The minimum absolute atomic E-state index is 0.0197. The van der Waals surface area contributed by atoms with Crippen LogP contribution in [-0.2, 0) is 19.8 Å². The molecule has 0 fully saturated rings. The largest absolute Gasteiger partial charge is 0.417 e. The van der Waals surface area contributed by atoms with Gasteiger partial charge in [-0.1, -0.05) is 6.07 Å². The van der Waals surface area contributed by atoms with E-state index < -0.39 is 34.8 Å². The minimum atomic E-state index is -4.62. The molecule has 0 aliphatic carbocycles. The van der Waals surface area contributed by atoms with E-state index in [0.29, 0.717) is 11.1 Å². The molecule has 1 aliphatic rings. The van der Waals surface area contributed by atoms with Crippen LogP contribution in [0.1, 0.15) is 32.6 Å². The first-order chi connectivity index (χ1) is 16.1. The number of hydrogen-bond acceptors (Lipinski definition) is 4. The fourth-order valence-electron chi connectivity index (χ4n) is 3.94. The van der Waals surface area contributed by atoms with Gasteiger partial charge in [0.05, 0.1) is 34.9 Å². The van der Waals surface area contributed by atoms with E-state index in [9.17, 15) is 26.7 Å². The smallest absolute Gasteiger partial charge is 0.322 e. The molecule has 0 spiro atoms. The zero-order valence-electron chi connectivity index (χ0n) is 17.4. The lowest BCUT2D eigenvalue weighted by Crippen LogP contribution is -2.17. The van der Waals surface area contributed by atoms with Gasteiger partial charge in [0.2, 0.25) is 0 Å². The highest BCUT2D eigenvalue weighted by molar-refractivity contribution is 6.16. The molecule has 0 saturated carbocycles. The Morgan fingerprint density at radius 2 is 1.88 bits per heavy atom. The van der Waals surface area contributed by atoms with Gasteiger partial charge in [0.1, 0.15) is 17.2 Å². The average Bonchev–Trinajstić information content (AvgIpc) is 3.37. The van der Waals surface area contributed by atoms with E-state index >= 15 is 0 Å². The SMILES string of the molecule is Cn1ncc2c(F)c(C(=O)Nc3ccc4c(c3)C(c3cnccc3C(F)(F)F)=NC4)c(F)cc21. The van der Waals surface area contributed by atoms with Crippen LogP contribution < -0.4 is 5.32 Å². The number of alkyl halides is 3. The van der Waals surface area contributed by atoms with Crippen LogP contribution in [0.2, 0.25) is 0 Å². The third kappa shape index (κ3) is 3.49. The molecular weight excluding hydrogens is 457 g/mol. The Kier molecular flexibility index (Phi) is 4.92. The number of hydrogen-bond donors (Lipinski definition) is 1. The van der Waals surface area contributed by atoms with E-state index in [1.165, 1.54) is 30.1 Å². The zero-order valence-corrected chi connectivity index (χ0v) is 17.4. The number of aryl methyl sites for hydroxylation is 1. The first kappa shape index (κ1) is 21.7. The summed E-state index contributed by atoms with van der Waals surface area (Å²) in [5, 5.41) is 6.26. The van der Waals surface area contributed by atoms with Crippen LogP contribution in [0.25, 0.3) is 10.9 Å². The Morgan fingerprint density at radius 1 is 1.09 bits per heavy atom. The highest BCUT2D eigenvalue weighted by atomic mass is 19.4. The fraction of sp³-hybridized carbons (Fsp3) is 0.130. The van der Waals surface area contributed by atoms with Crippen molar-refractivity contribution in [2.45, 2.75) is 12.7 Å². The van der Waals surface area contributed by atoms with Crippen molar-refractivity contribution < 1.29 is 26.7 Å². The summed E-state index contributed by atoms with van der Waals surface area (Å²) >= 11 is 0. The molecule has 2 aromatic heterocycles. The first-order valence-corrected chi connectivity index (χ1v) is 9.95. The minimum Gasteiger partial charge on any atom is -0.322 e. The van der Waals surface area contributed by atoms with E-state index in [4.69, 9.17) is 0 Å². The monoisotopic (exact) mass is 471 g/mol. The van der Waals surface area contributed by atoms with E-state index in [2.05, 4.69) is 20.4 Å². The van der Waals surface area contributed by atoms with Crippen LogP contribution in [0.3, 0.4) is 0 Å². The van der Waals surface area contributed by atoms with Gasteiger partial charge >= 0.3 is 6.18 Å². The van der Waals surface area contributed by atoms with E-state index in [1.807, 2.05) is 0 Å². The second-order valence-electron chi connectivity index (χ2n) is 7.66. The Morgan fingerprint density at radius 3 is 2.65 bits per heavy atom. The number of nitrogens with zero attached hydrogens (tertiary/aromatic N) is 4. The number of amides is 1. The van der Waals surface area contributed by atoms with Crippen LogP contribution in [0.4, 0.5) is 27.6 Å². The number of fused-ring (bicyclic) bond motifs is 2. The van der Waals surface area contributed by atoms with E-state index in [0.717, 1.165) is 24.5 Å². The summed E-state index contributed by atoms with van der Waals surface area (Å²) in [6.45, 7) is 0.145. The Labute approximate surface area is 188 Å². The number of rotatable bonds is 3. The molecule has 0 unspecified atom stereocenters. The predicted molar refractivity (Wildman–Crippen MR) is 114 cm³/mol. The Bertz CT molecular complexity index is 1510. The number of aliphatic imine (C=N–C) groups is 1. The Balaban J connectivity index is 1.50. The van der Waals surface area contributed by atoms with Crippen molar-refractivity contribution in [1.29, 1.82) is 0 Å². The lowest BCUT2D eigenvalue weighted by molar-refractivity contribution is -0.137. The molecule has 0 atom stereocenters. The number of benzene rings is 2. The molecule has 4 aromatic rings. The van der Waals surface area contributed by atoms with Crippen LogP contribution in [0, 0.1) is 11.6 Å². The van der Waals surface area contributed by atoms with Crippen LogP contribution >= 0.6 is 0 Å². The van der Waals surface area contributed by atoms with Crippen molar-refractivity contribution in [1.82, 2.24) is 14.8 Å². The molecule has 1 aliphatic heterocycles. The van der Waals surface area contributed by atoms with Gasteiger partial charge in [0.15, 0.2) is 0 Å². The summed E-state index contributed by atoms with van der Waals surface area (Å²) in [4.78, 5) is 20.8. The van der Waals surface area contributed by atoms with Crippen molar-refractivity contribution in [3.8, 4) is 0 Å². The summed E-state index contributed by atoms with van der Waals surface area (Å²) in [5.41, 5.74) is -0.488. The number of nitrogens with one attached hydrogen (secondary N) is 1. The fourth-order valence-corrected chi connectivity index (χ4v) is 3.94. The van der Waals surface area contributed by atoms with E-state index in [-0.39, 0.29) is 34.4 Å². The standard InChI is InChI=1S/C23H14F5N5O/c1-33-18-7-17(24)19(20(25)15(18)10-31-33)22(34)32-12-3-2-11-8-30-21(13(11)6-12)14-9-29-5-4-16(14)23(26,27)28/h2-7,9-10H,8H2,1H3,(H,32,34). The van der Waals surface area contributed by atoms with Gasteiger partial charge in [-0.2, -0.15) is 18.3 Å². The molecular formula is C23H14F5N5O. The van der Waals surface area contributed by atoms with Crippen molar-refractivity contribution in [3.05, 3.63) is 88.4 Å². The average molecular weight is 471 g/mol. The molecule has 0 radical (unpaired) electrons. The van der Waals surface area contributed by atoms with Crippen LogP contribution in [-0.4, -0.2) is 26.4 Å². The summed E-state index contributed by atoms with van der Waals surface area (Å²) in [7, 11) is 1.51. The number of anilines is 1. The Hall–Kier alpha value is -4.15. The summed E-state index contributed by atoms with van der Waals surface area (Å²) in [6.07, 6.45) is -1.31. The van der Waals surface area contributed by atoms with Gasteiger partial charge in [-0.3, -0.25) is 19.5 Å². The molecule has 34 heavy (non-hydrogen) atoms. The van der Waals surface area contributed by atoms with Gasteiger partial charge in [0, 0.05) is 42.3 Å². The van der Waals surface area contributed by atoms with Crippen molar-refractivity contribution >= 4 is 28.2 Å². The topological polar surface area (TPSA) is 72.2 Å². The maximum atomic E-state index is 14.9. The maximum Gasteiger partial charge on any atom is 0.417 e. The van der Waals surface area contributed by atoms with Crippen LogP contribution in [0.15, 0.2) is 53.9 Å². The molecule has 0 bridgehead atoms. The van der Waals surface area contributed by atoms with Gasteiger partial charge in [0.25, 0.3) is 5.91 Å². The summed E-state index contributed by atoms with van der Waals surface area (Å²) < 4.78 is 71.2. The lowest BCUT2D eigenvalue weighted by Gasteiger charge is -2.14. The van der Waals surface area contributed by atoms with Gasteiger partial charge in [-0.25, -0.2) is 8.78 Å². The zero-order chi connectivity index (χ0) is 24.2. The van der Waals surface area contributed by atoms with Gasteiger partial charge in [-0.15, -0.1) is 0 Å². The maximum absolute atomic E-state index is 14.9.